The molecule has 0 aromatic heterocycles. The van der Waals surface area contributed by atoms with Crippen molar-refractivity contribution in [2.75, 3.05) is 0 Å². The number of carbonyl (C=O) groups is 1. The smallest absolute Gasteiger partial charge is 0.184 e. The minimum atomic E-state index is -0.804. The monoisotopic (exact) mass is 174 g/mol. The van der Waals surface area contributed by atoms with Crippen molar-refractivity contribution in [3.05, 3.63) is 35.9 Å². The summed E-state index contributed by atoms with van der Waals surface area (Å²) >= 11 is 0. The largest absolute Gasteiger partial charge is 0.292 e. The van der Waals surface area contributed by atoms with Crippen LogP contribution in [0, 0.1) is 0 Å². The minimum Gasteiger partial charge on any atom is -0.292 e. The van der Waals surface area contributed by atoms with Crippen molar-refractivity contribution in [2.24, 2.45) is 0 Å². The third kappa shape index (κ3) is 1.38. The van der Waals surface area contributed by atoms with Crippen molar-refractivity contribution >= 4 is 5.78 Å². The van der Waals surface area contributed by atoms with Crippen LogP contribution in [0.2, 0.25) is 0 Å². The maximum atomic E-state index is 11.8. The predicted molar refractivity (Wildman–Crippen MR) is 50.5 cm³/mol. The lowest BCUT2D eigenvalue weighted by Gasteiger charge is -2.35. The van der Waals surface area contributed by atoms with Gasteiger partial charge in [0.2, 0.25) is 0 Å². The molecule has 2 rings (SSSR count). The van der Waals surface area contributed by atoms with Gasteiger partial charge in [-0.1, -0.05) is 30.3 Å². The van der Waals surface area contributed by atoms with E-state index in [-0.39, 0.29) is 5.78 Å². The van der Waals surface area contributed by atoms with E-state index in [2.05, 4.69) is 0 Å². The third-order valence-corrected chi connectivity index (χ3v) is 2.68. The molecule has 0 saturated heterocycles. The Morgan fingerprint density at radius 1 is 1.23 bits per heavy atom. The molecule has 1 saturated carbocycles. The quantitative estimate of drug-likeness (QED) is 0.633. The van der Waals surface area contributed by atoms with Crippen LogP contribution in [0.15, 0.2) is 30.3 Å². The fraction of sp³-hybridized carbons (Fsp3) is 0.364. The number of benzene rings is 1. The van der Waals surface area contributed by atoms with Crippen molar-refractivity contribution in [1.29, 1.82) is 0 Å². The topological polar surface area (TPSA) is 40.9 Å². The van der Waals surface area contributed by atoms with E-state index in [0.29, 0.717) is 5.56 Å². The van der Waals surface area contributed by atoms with Gasteiger partial charge < -0.3 is 0 Å². The molecule has 1 aliphatic rings. The Morgan fingerprint density at radius 3 is 2.31 bits per heavy atom. The van der Waals surface area contributed by atoms with Gasteiger partial charge in [0, 0.05) is 5.56 Å². The van der Waals surface area contributed by atoms with Crippen molar-refractivity contribution in [1.82, 2.24) is 5.73 Å². The average molecular weight is 174 g/mol. The Labute approximate surface area is 77.8 Å². The van der Waals surface area contributed by atoms with Crippen molar-refractivity contribution in [3.63, 3.8) is 0 Å². The second-order valence-electron chi connectivity index (χ2n) is 3.63. The number of hydrogen-bond donors (Lipinski definition) is 0. The zero-order chi connectivity index (χ0) is 9.31. The van der Waals surface area contributed by atoms with Crippen molar-refractivity contribution in [3.8, 4) is 0 Å². The summed E-state index contributed by atoms with van der Waals surface area (Å²) in [5, 5.41) is 0. The van der Waals surface area contributed by atoms with E-state index in [1.807, 2.05) is 18.2 Å². The van der Waals surface area contributed by atoms with Crippen LogP contribution in [0.25, 0.3) is 0 Å². The fourth-order valence-electron chi connectivity index (χ4n) is 1.62. The van der Waals surface area contributed by atoms with Gasteiger partial charge in [0.15, 0.2) is 5.78 Å². The summed E-state index contributed by atoms with van der Waals surface area (Å²) in [7, 11) is 0. The van der Waals surface area contributed by atoms with Crippen molar-refractivity contribution in [2.45, 2.75) is 24.8 Å². The van der Waals surface area contributed by atoms with Crippen LogP contribution in [0.3, 0.4) is 0 Å². The molecule has 0 unspecified atom stereocenters. The molecule has 0 aliphatic heterocycles. The highest BCUT2D eigenvalue weighted by atomic mass is 16.1. The molecule has 67 valence electrons. The Hall–Kier alpha value is -1.15. The molecule has 0 atom stereocenters. The van der Waals surface area contributed by atoms with E-state index < -0.39 is 5.54 Å². The zero-order valence-corrected chi connectivity index (χ0v) is 7.42. The maximum Gasteiger partial charge on any atom is 0.184 e. The summed E-state index contributed by atoms with van der Waals surface area (Å²) < 4.78 is 0. The molecule has 0 bridgehead atoms. The molecule has 1 N–H and O–H groups in total. The van der Waals surface area contributed by atoms with Gasteiger partial charge in [-0.3, -0.25) is 4.79 Å². The lowest BCUT2D eigenvalue weighted by Crippen LogP contribution is -2.46. The Balaban J connectivity index is 2.23. The fourth-order valence-corrected chi connectivity index (χ4v) is 1.62. The molecule has 1 radical (unpaired) electrons. The van der Waals surface area contributed by atoms with Gasteiger partial charge in [0.1, 0.15) is 0 Å². The lowest BCUT2D eigenvalue weighted by atomic mass is 9.73. The van der Waals surface area contributed by atoms with Crippen molar-refractivity contribution < 1.29 is 4.79 Å². The van der Waals surface area contributed by atoms with Crippen LogP contribution >= 0.6 is 0 Å². The Bertz CT molecular complexity index is 314. The van der Waals surface area contributed by atoms with Crippen LogP contribution in [-0.2, 0) is 0 Å². The average Bonchev–Trinajstić information content (AvgIpc) is 2.14. The summed E-state index contributed by atoms with van der Waals surface area (Å²) in [5.41, 5.74) is 7.73. The SMILES string of the molecule is [NH]C1(C(=O)c2ccccc2)CCC1. The Morgan fingerprint density at radius 2 is 1.85 bits per heavy atom. The van der Waals surface area contributed by atoms with Gasteiger partial charge in [0.25, 0.3) is 0 Å². The highest BCUT2D eigenvalue weighted by molar-refractivity contribution is 6.03. The second kappa shape index (κ2) is 2.96. The van der Waals surface area contributed by atoms with Gasteiger partial charge in [-0.2, -0.15) is 0 Å². The minimum absolute atomic E-state index is 0.0145. The number of nitrogens with one attached hydrogen (secondary N) is 1. The first-order chi connectivity index (χ1) is 6.22. The van der Waals surface area contributed by atoms with Crippen LogP contribution < -0.4 is 5.73 Å². The zero-order valence-electron chi connectivity index (χ0n) is 7.42. The summed E-state index contributed by atoms with van der Waals surface area (Å²) in [6, 6.07) is 9.15. The molecular formula is C11H12NO. The number of Topliss-reactive ketones (excluding diaryl/α,β-unsaturated/α-hetero) is 1. The molecule has 1 aromatic carbocycles. The summed E-state index contributed by atoms with van der Waals surface area (Å²) in [4.78, 5) is 11.8. The van der Waals surface area contributed by atoms with Crippen LogP contribution in [-0.4, -0.2) is 11.3 Å². The molecule has 0 amide bonds. The molecule has 1 aliphatic carbocycles. The van der Waals surface area contributed by atoms with E-state index in [4.69, 9.17) is 5.73 Å². The lowest BCUT2D eigenvalue weighted by molar-refractivity contribution is 0.0789. The molecule has 2 nitrogen and oxygen atoms in total. The Kier molecular flexibility index (Phi) is 1.93. The number of ketones is 1. The normalized spacial score (nSPS) is 19.2. The molecular weight excluding hydrogens is 162 g/mol. The first-order valence-corrected chi connectivity index (χ1v) is 4.57. The third-order valence-electron chi connectivity index (χ3n) is 2.68. The maximum absolute atomic E-state index is 11.8. The van der Waals surface area contributed by atoms with Crippen LogP contribution in [0.1, 0.15) is 29.6 Å². The predicted octanol–water partition coefficient (Wildman–Crippen LogP) is 2.07. The molecule has 0 heterocycles. The number of rotatable bonds is 2. The summed E-state index contributed by atoms with van der Waals surface area (Å²) in [6.07, 6.45) is 2.46. The van der Waals surface area contributed by atoms with Gasteiger partial charge >= 0.3 is 0 Å². The van der Waals surface area contributed by atoms with Gasteiger partial charge in [-0.25, -0.2) is 5.73 Å². The highest BCUT2D eigenvalue weighted by Gasteiger charge is 2.41. The standard InChI is InChI=1S/C11H12NO/c12-11(7-4-8-11)10(13)9-5-2-1-3-6-9/h1-3,5-6,12H,4,7-8H2. The summed E-state index contributed by atoms with van der Waals surface area (Å²) in [5.74, 6) is -0.0145. The van der Waals surface area contributed by atoms with E-state index in [0.717, 1.165) is 19.3 Å². The van der Waals surface area contributed by atoms with Crippen LogP contribution in [0.5, 0.6) is 0 Å². The first kappa shape index (κ1) is 8.45. The molecule has 0 spiro atoms. The first-order valence-electron chi connectivity index (χ1n) is 4.57. The molecule has 13 heavy (non-hydrogen) atoms. The van der Waals surface area contributed by atoms with E-state index in [1.165, 1.54) is 0 Å². The van der Waals surface area contributed by atoms with E-state index in [9.17, 15) is 4.79 Å². The molecule has 2 heteroatoms. The van der Waals surface area contributed by atoms with Crippen LogP contribution in [0.4, 0.5) is 0 Å². The highest BCUT2D eigenvalue weighted by Crippen LogP contribution is 2.33. The van der Waals surface area contributed by atoms with Gasteiger partial charge in [-0.15, -0.1) is 0 Å². The van der Waals surface area contributed by atoms with Gasteiger partial charge in [-0.05, 0) is 19.3 Å². The molecule has 1 aromatic rings. The number of carbonyl (C=O) groups excluding carboxylic acids is 1. The number of hydrogen-bond acceptors (Lipinski definition) is 1. The van der Waals surface area contributed by atoms with E-state index in [1.54, 1.807) is 12.1 Å². The summed E-state index contributed by atoms with van der Waals surface area (Å²) in [6.45, 7) is 0. The van der Waals surface area contributed by atoms with Gasteiger partial charge in [0.05, 0.1) is 5.54 Å². The molecule has 1 fully saturated rings. The second-order valence-corrected chi connectivity index (χ2v) is 3.63. The van der Waals surface area contributed by atoms with E-state index >= 15 is 0 Å².